The number of aliphatic hydroxyl groups is 1. The topological polar surface area (TPSA) is 38.7 Å². The van der Waals surface area contributed by atoms with Crippen LogP contribution in [-0.2, 0) is 9.47 Å². The molecule has 0 aliphatic carbocycles. The lowest BCUT2D eigenvalue weighted by atomic mass is 9.96. The van der Waals surface area contributed by atoms with Crippen LogP contribution in [0.4, 0.5) is 0 Å². The van der Waals surface area contributed by atoms with Crippen molar-refractivity contribution in [3.8, 4) is 0 Å². The molecule has 1 saturated heterocycles. The van der Waals surface area contributed by atoms with Crippen molar-refractivity contribution >= 4 is 0 Å². The monoisotopic (exact) mass is 202 g/mol. The highest BCUT2D eigenvalue weighted by atomic mass is 16.7. The normalized spacial score (nSPS) is 40.9. The summed E-state index contributed by atoms with van der Waals surface area (Å²) in [6.07, 6.45) is 1.38. The molecule has 1 heterocycles. The first kappa shape index (κ1) is 12.0. The van der Waals surface area contributed by atoms with E-state index in [1.807, 2.05) is 13.8 Å². The Morgan fingerprint density at radius 2 is 2.14 bits per heavy atom. The number of rotatable bonds is 3. The van der Waals surface area contributed by atoms with E-state index in [-0.39, 0.29) is 30.5 Å². The summed E-state index contributed by atoms with van der Waals surface area (Å²) >= 11 is 0. The minimum atomic E-state index is -0.346. The molecule has 0 radical (unpaired) electrons. The summed E-state index contributed by atoms with van der Waals surface area (Å²) in [7, 11) is 0. The smallest absolute Gasteiger partial charge is 0.161 e. The van der Waals surface area contributed by atoms with Gasteiger partial charge in [0.1, 0.15) is 0 Å². The van der Waals surface area contributed by atoms with Crippen molar-refractivity contribution < 1.29 is 14.6 Å². The van der Waals surface area contributed by atoms with Crippen LogP contribution in [0.2, 0.25) is 0 Å². The third-order valence-electron chi connectivity index (χ3n) is 2.91. The first-order valence-electron chi connectivity index (χ1n) is 5.53. The van der Waals surface area contributed by atoms with Gasteiger partial charge in [-0.25, -0.2) is 0 Å². The summed E-state index contributed by atoms with van der Waals surface area (Å²) in [5.74, 6) is 0.273. The van der Waals surface area contributed by atoms with Crippen LogP contribution >= 0.6 is 0 Å². The lowest BCUT2D eigenvalue weighted by Gasteiger charge is -2.37. The highest BCUT2D eigenvalue weighted by Crippen LogP contribution is 2.26. The number of hydrogen-bond donors (Lipinski definition) is 1. The summed E-state index contributed by atoms with van der Waals surface area (Å²) in [5.41, 5.74) is 0. The third-order valence-corrected chi connectivity index (χ3v) is 2.91. The molecule has 1 aliphatic rings. The fraction of sp³-hybridized carbons (Fsp3) is 1.00. The van der Waals surface area contributed by atoms with Crippen LogP contribution in [0.25, 0.3) is 0 Å². The van der Waals surface area contributed by atoms with Gasteiger partial charge in [0.2, 0.25) is 0 Å². The molecule has 0 amide bonds. The van der Waals surface area contributed by atoms with E-state index in [1.54, 1.807) is 0 Å². The Hall–Kier alpha value is -0.120. The third kappa shape index (κ3) is 2.94. The van der Waals surface area contributed by atoms with E-state index in [2.05, 4.69) is 13.8 Å². The highest BCUT2D eigenvalue weighted by molar-refractivity contribution is 4.76. The van der Waals surface area contributed by atoms with E-state index in [0.29, 0.717) is 0 Å². The molecule has 14 heavy (non-hydrogen) atoms. The van der Waals surface area contributed by atoms with Crippen molar-refractivity contribution in [2.75, 3.05) is 0 Å². The molecule has 3 nitrogen and oxygen atoms in total. The maximum Gasteiger partial charge on any atom is 0.161 e. The van der Waals surface area contributed by atoms with Gasteiger partial charge in [-0.1, -0.05) is 13.8 Å². The average molecular weight is 202 g/mol. The minimum Gasteiger partial charge on any atom is -0.390 e. The number of aliphatic hydroxyl groups excluding tert-OH is 1. The quantitative estimate of drug-likeness (QED) is 0.760. The second-order valence-corrected chi connectivity index (χ2v) is 4.34. The molecular formula is C11H22O3. The maximum atomic E-state index is 9.58. The van der Waals surface area contributed by atoms with Crippen molar-refractivity contribution in [2.24, 2.45) is 5.92 Å². The fourth-order valence-electron chi connectivity index (χ4n) is 1.61. The molecule has 1 fully saturated rings. The number of ether oxygens (including phenoxy) is 2. The first-order chi connectivity index (χ1) is 6.54. The fourth-order valence-corrected chi connectivity index (χ4v) is 1.61. The molecule has 0 aromatic carbocycles. The predicted molar refractivity (Wildman–Crippen MR) is 55.0 cm³/mol. The van der Waals surface area contributed by atoms with Crippen LogP contribution in [0.15, 0.2) is 0 Å². The molecule has 1 aliphatic heterocycles. The molecule has 1 rings (SSSR count). The SMILES string of the molecule is CC[C@@H](C)O[C@@H]1O[C@@H](C)[C@H](O)C[C@H]1C. The zero-order chi connectivity index (χ0) is 10.7. The van der Waals surface area contributed by atoms with Crippen LogP contribution in [0, 0.1) is 5.92 Å². The van der Waals surface area contributed by atoms with Crippen LogP contribution in [0.3, 0.4) is 0 Å². The number of hydrogen-bond acceptors (Lipinski definition) is 3. The maximum absolute atomic E-state index is 9.58. The van der Waals surface area contributed by atoms with Gasteiger partial charge in [0.05, 0.1) is 18.3 Å². The van der Waals surface area contributed by atoms with Crippen molar-refractivity contribution in [1.29, 1.82) is 0 Å². The molecular weight excluding hydrogens is 180 g/mol. The molecule has 0 spiro atoms. The molecule has 0 saturated carbocycles. The molecule has 0 bridgehead atoms. The molecule has 3 heteroatoms. The zero-order valence-corrected chi connectivity index (χ0v) is 9.56. The lowest BCUT2D eigenvalue weighted by Crippen LogP contribution is -2.44. The average Bonchev–Trinajstić information content (AvgIpc) is 2.14. The van der Waals surface area contributed by atoms with E-state index in [9.17, 15) is 5.11 Å². The molecule has 84 valence electrons. The lowest BCUT2D eigenvalue weighted by molar-refractivity contribution is -0.254. The van der Waals surface area contributed by atoms with Crippen molar-refractivity contribution in [1.82, 2.24) is 0 Å². The molecule has 0 unspecified atom stereocenters. The van der Waals surface area contributed by atoms with E-state index >= 15 is 0 Å². The summed E-state index contributed by atoms with van der Waals surface area (Å²) < 4.78 is 11.3. The Morgan fingerprint density at radius 3 is 2.71 bits per heavy atom. The van der Waals surface area contributed by atoms with Gasteiger partial charge < -0.3 is 14.6 Å². The first-order valence-corrected chi connectivity index (χ1v) is 5.53. The van der Waals surface area contributed by atoms with Crippen molar-refractivity contribution in [3.63, 3.8) is 0 Å². The van der Waals surface area contributed by atoms with Gasteiger partial charge in [0.15, 0.2) is 6.29 Å². The van der Waals surface area contributed by atoms with Gasteiger partial charge >= 0.3 is 0 Å². The Balaban J connectivity index is 2.44. The van der Waals surface area contributed by atoms with Crippen LogP contribution < -0.4 is 0 Å². The molecule has 0 aromatic rings. The summed E-state index contributed by atoms with van der Waals surface area (Å²) in [6.45, 7) is 8.09. The minimum absolute atomic E-state index is 0.111. The van der Waals surface area contributed by atoms with Gasteiger partial charge in [-0.3, -0.25) is 0 Å². The van der Waals surface area contributed by atoms with Crippen LogP contribution in [0.1, 0.15) is 40.5 Å². The van der Waals surface area contributed by atoms with Crippen LogP contribution in [-0.4, -0.2) is 29.7 Å². The summed E-state index contributed by atoms with van der Waals surface area (Å²) in [4.78, 5) is 0. The zero-order valence-electron chi connectivity index (χ0n) is 9.56. The Kier molecular flexibility index (Phi) is 4.35. The van der Waals surface area contributed by atoms with Crippen LogP contribution in [0.5, 0.6) is 0 Å². The van der Waals surface area contributed by atoms with Gasteiger partial charge in [-0.15, -0.1) is 0 Å². The Bertz CT molecular complexity index is 170. The van der Waals surface area contributed by atoms with E-state index in [1.165, 1.54) is 0 Å². The van der Waals surface area contributed by atoms with Gasteiger partial charge in [0, 0.05) is 5.92 Å². The van der Waals surface area contributed by atoms with Crippen molar-refractivity contribution in [2.45, 2.75) is 65.1 Å². The Morgan fingerprint density at radius 1 is 1.50 bits per heavy atom. The van der Waals surface area contributed by atoms with Crippen molar-refractivity contribution in [3.05, 3.63) is 0 Å². The predicted octanol–water partition coefficient (Wildman–Crippen LogP) is 1.93. The molecule has 5 atom stereocenters. The standard InChI is InChI=1S/C11H22O3/c1-5-8(3)13-11-7(2)6-10(12)9(4)14-11/h7-12H,5-6H2,1-4H3/t7-,8-,9+,10-,11-/m1/s1. The van der Waals surface area contributed by atoms with E-state index in [0.717, 1.165) is 12.8 Å². The van der Waals surface area contributed by atoms with Gasteiger partial charge in [-0.2, -0.15) is 0 Å². The highest BCUT2D eigenvalue weighted by Gasteiger charge is 2.33. The van der Waals surface area contributed by atoms with E-state index in [4.69, 9.17) is 9.47 Å². The van der Waals surface area contributed by atoms with Gasteiger partial charge in [-0.05, 0) is 26.7 Å². The second kappa shape index (κ2) is 5.10. The second-order valence-electron chi connectivity index (χ2n) is 4.34. The molecule has 0 aromatic heterocycles. The molecule has 1 N–H and O–H groups in total. The van der Waals surface area contributed by atoms with Gasteiger partial charge in [0.25, 0.3) is 0 Å². The largest absolute Gasteiger partial charge is 0.390 e. The Labute approximate surface area is 86.4 Å². The summed E-state index contributed by atoms with van der Waals surface area (Å²) in [5, 5.41) is 9.58. The summed E-state index contributed by atoms with van der Waals surface area (Å²) in [6, 6.07) is 0. The van der Waals surface area contributed by atoms with E-state index < -0.39 is 0 Å².